The molecule has 1 heterocycles. The topological polar surface area (TPSA) is 51.2 Å². The Bertz CT molecular complexity index is 655. The number of aromatic nitrogens is 1. The molecule has 7 heteroatoms. The van der Waals surface area contributed by atoms with E-state index in [1.165, 1.54) is 18.3 Å². The highest BCUT2D eigenvalue weighted by molar-refractivity contribution is 6.05. The molecule has 22 heavy (non-hydrogen) atoms. The van der Waals surface area contributed by atoms with Crippen molar-refractivity contribution in [2.24, 2.45) is 0 Å². The lowest BCUT2D eigenvalue weighted by Gasteiger charge is -2.10. The Kier molecular flexibility index (Phi) is 4.65. The summed E-state index contributed by atoms with van der Waals surface area (Å²) in [6.45, 7) is 0.399. The fourth-order valence-corrected chi connectivity index (χ4v) is 1.72. The zero-order valence-corrected chi connectivity index (χ0v) is 11.6. The zero-order chi connectivity index (χ0) is 16.2. The monoisotopic (exact) mass is 310 g/mol. The average Bonchev–Trinajstić information content (AvgIpc) is 2.46. The molecule has 1 aromatic carbocycles. The predicted molar refractivity (Wildman–Crippen MR) is 74.9 cm³/mol. The molecule has 1 N–H and O–H groups in total. The van der Waals surface area contributed by atoms with Crippen molar-refractivity contribution in [2.75, 3.05) is 11.9 Å². The number of benzene rings is 1. The van der Waals surface area contributed by atoms with E-state index in [1.807, 2.05) is 6.07 Å². The van der Waals surface area contributed by atoms with E-state index in [1.54, 1.807) is 25.1 Å². The molecule has 2 aromatic rings. The average molecular weight is 310 g/mol. The number of anilines is 1. The third kappa shape index (κ3) is 4.47. The lowest BCUT2D eigenvalue weighted by atomic mass is 10.1. The molecule has 0 aliphatic heterocycles. The molecule has 1 aromatic heterocycles. The number of nitrogens with zero attached hydrogens (tertiary/aromatic N) is 1. The van der Waals surface area contributed by atoms with Gasteiger partial charge in [-0.2, -0.15) is 13.2 Å². The molecule has 0 unspecified atom stereocenters. The van der Waals surface area contributed by atoms with Gasteiger partial charge in [0.1, 0.15) is 0 Å². The van der Waals surface area contributed by atoms with Crippen molar-refractivity contribution < 1.29 is 22.7 Å². The molecule has 0 aliphatic carbocycles. The number of nitrogens with one attached hydrogen (secondary N) is 1. The smallest absolute Gasteiger partial charge is 0.422 e. The van der Waals surface area contributed by atoms with Gasteiger partial charge in [0.2, 0.25) is 5.88 Å². The molecule has 0 aliphatic rings. The molecule has 0 bridgehead atoms. The first-order valence-corrected chi connectivity index (χ1v) is 6.38. The molecule has 0 atom stereocenters. The van der Waals surface area contributed by atoms with Gasteiger partial charge in [-0.25, -0.2) is 4.98 Å². The largest absolute Gasteiger partial charge is 0.468 e. The summed E-state index contributed by atoms with van der Waals surface area (Å²) < 4.78 is 40.5. The molecule has 4 nitrogen and oxygen atoms in total. The number of hydrogen-bond acceptors (Lipinski definition) is 3. The number of hydrogen-bond donors (Lipinski definition) is 1. The second-order valence-corrected chi connectivity index (χ2v) is 4.56. The van der Waals surface area contributed by atoms with E-state index in [0.29, 0.717) is 11.3 Å². The summed E-state index contributed by atoms with van der Waals surface area (Å²) in [4.78, 5) is 15.8. The van der Waals surface area contributed by atoms with Crippen LogP contribution in [0.3, 0.4) is 0 Å². The number of alkyl halides is 3. The molecule has 0 radical (unpaired) electrons. The molecule has 0 fully saturated rings. The second kappa shape index (κ2) is 6.46. The van der Waals surface area contributed by atoms with Crippen molar-refractivity contribution in [3.05, 3.63) is 53.7 Å². The molecule has 0 spiro atoms. The molecule has 0 saturated heterocycles. The third-order valence-corrected chi connectivity index (χ3v) is 2.77. The Morgan fingerprint density at radius 2 is 1.95 bits per heavy atom. The van der Waals surface area contributed by atoms with Crippen molar-refractivity contribution >= 4 is 11.6 Å². The van der Waals surface area contributed by atoms with E-state index < -0.39 is 12.8 Å². The van der Waals surface area contributed by atoms with Gasteiger partial charge in [-0.15, -0.1) is 0 Å². The summed E-state index contributed by atoms with van der Waals surface area (Å²) in [6.07, 6.45) is -3.18. The Hall–Kier alpha value is -2.57. The molecular weight excluding hydrogens is 297 g/mol. The maximum atomic E-state index is 12.1. The molecule has 1 amide bonds. The van der Waals surface area contributed by atoms with Crippen molar-refractivity contribution in [1.29, 1.82) is 0 Å². The van der Waals surface area contributed by atoms with Crippen LogP contribution < -0.4 is 10.1 Å². The number of ether oxygens (including phenoxy) is 1. The van der Waals surface area contributed by atoms with Crippen LogP contribution in [0.5, 0.6) is 5.88 Å². The summed E-state index contributed by atoms with van der Waals surface area (Å²) in [6, 6.07) is 9.74. The van der Waals surface area contributed by atoms with Crippen LogP contribution in [-0.4, -0.2) is 23.7 Å². The second-order valence-electron chi connectivity index (χ2n) is 4.56. The zero-order valence-electron chi connectivity index (χ0n) is 11.6. The molecule has 0 saturated carbocycles. The Morgan fingerprint density at radius 1 is 1.23 bits per heavy atom. The van der Waals surface area contributed by atoms with E-state index in [2.05, 4.69) is 15.0 Å². The van der Waals surface area contributed by atoms with Gasteiger partial charge in [0.05, 0.1) is 11.9 Å². The van der Waals surface area contributed by atoms with Gasteiger partial charge in [0.25, 0.3) is 5.91 Å². The fourth-order valence-electron chi connectivity index (χ4n) is 1.72. The summed E-state index contributed by atoms with van der Waals surface area (Å²) in [5, 5.41) is 2.62. The van der Waals surface area contributed by atoms with Crippen molar-refractivity contribution in [3.63, 3.8) is 0 Å². The minimum absolute atomic E-state index is 0.161. The number of pyridine rings is 1. The third-order valence-electron chi connectivity index (χ3n) is 2.77. The number of rotatable bonds is 4. The van der Waals surface area contributed by atoms with Gasteiger partial charge < -0.3 is 10.1 Å². The summed E-state index contributed by atoms with van der Waals surface area (Å²) in [5.41, 5.74) is 1.70. The van der Waals surface area contributed by atoms with Crippen molar-refractivity contribution in [2.45, 2.75) is 13.1 Å². The standard InChI is InChI=1S/C15H13F3N2O2/c1-10-4-2-3-5-12(10)14(21)20-11-6-7-13(19-8-11)22-9-15(16,17)18/h2-8H,9H2,1H3,(H,20,21). The van der Waals surface area contributed by atoms with E-state index in [9.17, 15) is 18.0 Å². The lowest BCUT2D eigenvalue weighted by molar-refractivity contribution is -0.154. The fraction of sp³-hybridized carbons (Fsp3) is 0.200. The van der Waals surface area contributed by atoms with E-state index in [0.717, 1.165) is 5.56 Å². The van der Waals surface area contributed by atoms with Crippen LogP contribution in [0.4, 0.5) is 18.9 Å². The predicted octanol–water partition coefficient (Wildman–Crippen LogP) is 3.58. The highest BCUT2D eigenvalue weighted by Crippen LogP contribution is 2.18. The number of amides is 1. The maximum absolute atomic E-state index is 12.1. The van der Waals surface area contributed by atoms with Crippen molar-refractivity contribution in [3.8, 4) is 5.88 Å². The van der Waals surface area contributed by atoms with Gasteiger partial charge in [0, 0.05) is 11.6 Å². The first-order chi connectivity index (χ1) is 10.3. The van der Waals surface area contributed by atoms with Gasteiger partial charge in [-0.3, -0.25) is 4.79 Å². The van der Waals surface area contributed by atoms with Gasteiger partial charge >= 0.3 is 6.18 Å². The molecule has 2 rings (SSSR count). The van der Waals surface area contributed by atoms with E-state index >= 15 is 0 Å². The number of carbonyl (C=O) groups is 1. The molecule has 116 valence electrons. The minimum atomic E-state index is -4.42. The summed E-state index contributed by atoms with van der Waals surface area (Å²) in [7, 11) is 0. The highest BCUT2D eigenvalue weighted by Gasteiger charge is 2.28. The first kappa shape index (κ1) is 15.8. The Labute approximate surface area is 124 Å². The normalized spacial score (nSPS) is 11.1. The Balaban J connectivity index is 1.99. The van der Waals surface area contributed by atoms with E-state index in [4.69, 9.17) is 0 Å². The maximum Gasteiger partial charge on any atom is 0.422 e. The molecular formula is C15H13F3N2O2. The highest BCUT2D eigenvalue weighted by atomic mass is 19.4. The number of aryl methyl sites for hydroxylation is 1. The van der Waals surface area contributed by atoms with Crippen LogP contribution in [0.15, 0.2) is 42.6 Å². The van der Waals surface area contributed by atoms with Crippen LogP contribution in [0.2, 0.25) is 0 Å². The van der Waals surface area contributed by atoms with Crippen LogP contribution in [0, 0.1) is 6.92 Å². The lowest BCUT2D eigenvalue weighted by Crippen LogP contribution is -2.19. The van der Waals surface area contributed by atoms with Gasteiger partial charge in [0.15, 0.2) is 6.61 Å². The van der Waals surface area contributed by atoms with Gasteiger partial charge in [-0.05, 0) is 24.6 Å². The number of halogens is 3. The van der Waals surface area contributed by atoms with Crippen LogP contribution in [0.1, 0.15) is 15.9 Å². The van der Waals surface area contributed by atoms with Crippen LogP contribution in [-0.2, 0) is 0 Å². The number of carbonyl (C=O) groups excluding carboxylic acids is 1. The SMILES string of the molecule is Cc1ccccc1C(=O)Nc1ccc(OCC(F)(F)F)nc1. The quantitative estimate of drug-likeness (QED) is 0.939. The van der Waals surface area contributed by atoms with E-state index in [-0.39, 0.29) is 11.8 Å². The van der Waals surface area contributed by atoms with Crippen molar-refractivity contribution in [1.82, 2.24) is 4.98 Å². The summed E-state index contributed by atoms with van der Waals surface area (Å²) in [5.74, 6) is -0.477. The Morgan fingerprint density at radius 3 is 2.55 bits per heavy atom. The first-order valence-electron chi connectivity index (χ1n) is 6.38. The minimum Gasteiger partial charge on any atom is -0.468 e. The van der Waals surface area contributed by atoms with Crippen LogP contribution in [0.25, 0.3) is 0 Å². The van der Waals surface area contributed by atoms with Crippen LogP contribution >= 0.6 is 0 Å². The summed E-state index contributed by atoms with van der Waals surface area (Å²) >= 11 is 0. The van der Waals surface area contributed by atoms with Gasteiger partial charge in [-0.1, -0.05) is 18.2 Å².